The number of carbonyl (C=O) groups is 2. The number of carboxylic acid groups (broad SMARTS) is 1. The van der Waals surface area contributed by atoms with Crippen LogP contribution >= 0.6 is 0 Å². The summed E-state index contributed by atoms with van der Waals surface area (Å²) in [6.45, 7) is 0.890. The fourth-order valence-electron chi connectivity index (χ4n) is 3.79. The van der Waals surface area contributed by atoms with Gasteiger partial charge < -0.3 is 19.5 Å². The van der Waals surface area contributed by atoms with Crippen molar-refractivity contribution in [1.29, 1.82) is 0 Å². The van der Waals surface area contributed by atoms with E-state index in [9.17, 15) is 14.7 Å². The third kappa shape index (κ3) is 6.83. The quantitative estimate of drug-likeness (QED) is 0.365. The maximum absolute atomic E-state index is 13.4. The Bertz CT molecular complexity index is 1270. The van der Waals surface area contributed by atoms with E-state index in [1.807, 2.05) is 59.5 Å². The molecule has 4 rings (SSSR count). The standard InChI is InChI=1S/C29H25NO4.Na/c1-34-27-16-14-24(15-17-27)28(31)30(19-21-6-3-2-4-7-21)20-22-8-5-9-26(18-22)23-10-12-25(13-11-23)29(32)33;/h2-18H,19-20H2,1H3,(H,32,33);/q;+1/p-1. The number of carbonyl (C=O) groups excluding carboxylic acids is 2. The summed E-state index contributed by atoms with van der Waals surface area (Å²) in [5.74, 6) is -0.576. The number of benzene rings is 4. The van der Waals surface area contributed by atoms with Gasteiger partial charge in [-0.1, -0.05) is 72.8 Å². The second-order valence-electron chi connectivity index (χ2n) is 7.94. The van der Waals surface area contributed by atoms with Gasteiger partial charge in [0.15, 0.2) is 0 Å². The number of hydrogen-bond donors (Lipinski definition) is 0. The molecule has 0 aliphatic heterocycles. The molecule has 4 aromatic carbocycles. The third-order valence-corrected chi connectivity index (χ3v) is 5.59. The van der Waals surface area contributed by atoms with Crippen LogP contribution < -0.4 is 39.4 Å². The first-order chi connectivity index (χ1) is 16.5. The molecule has 0 atom stereocenters. The predicted molar refractivity (Wildman–Crippen MR) is 129 cm³/mol. The zero-order valence-electron chi connectivity index (χ0n) is 19.8. The number of amides is 1. The summed E-state index contributed by atoms with van der Waals surface area (Å²) in [5.41, 5.74) is 4.57. The molecule has 0 saturated heterocycles. The monoisotopic (exact) mass is 473 g/mol. The molecule has 0 fully saturated rings. The van der Waals surface area contributed by atoms with Crippen LogP contribution in [0.15, 0.2) is 103 Å². The SMILES string of the molecule is COc1ccc(C(=O)N(Cc2ccccc2)Cc2cccc(-c3ccc(C(=O)[O-])cc3)c2)cc1.[Na+]. The first-order valence-electron chi connectivity index (χ1n) is 10.9. The minimum absolute atomic E-state index is 0. The molecule has 170 valence electrons. The minimum atomic E-state index is -1.20. The number of methoxy groups -OCH3 is 1. The largest absolute Gasteiger partial charge is 1.00 e. The Balaban J connectivity index is 0.00000342. The van der Waals surface area contributed by atoms with Crippen LogP contribution in [-0.4, -0.2) is 23.9 Å². The van der Waals surface area contributed by atoms with Crippen molar-refractivity contribution >= 4 is 11.9 Å². The first kappa shape index (κ1) is 26.2. The smallest absolute Gasteiger partial charge is 0.545 e. The van der Waals surface area contributed by atoms with Crippen molar-refractivity contribution in [3.63, 3.8) is 0 Å². The van der Waals surface area contributed by atoms with E-state index in [1.165, 1.54) is 12.1 Å². The Morgan fingerprint density at radius 3 is 1.94 bits per heavy atom. The summed E-state index contributed by atoms with van der Waals surface area (Å²) in [7, 11) is 1.59. The Hall–Kier alpha value is -3.38. The van der Waals surface area contributed by atoms with Gasteiger partial charge in [0.05, 0.1) is 13.1 Å². The Kier molecular flexibility index (Phi) is 9.26. The van der Waals surface area contributed by atoms with Gasteiger partial charge in [-0.2, -0.15) is 0 Å². The van der Waals surface area contributed by atoms with Crippen LogP contribution in [0, 0.1) is 0 Å². The fraction of sp³-hybridized carbons (Fsp3) is 0.103. The molecular formula is C29H24NNaO4. The van der Waals surface area contributed by atoms with E-state index in [0.717, 1.165) is 22.3 Å². The topological polar surface area (TPSA) is 69.7 Å². The number of rotatable bonds is 8. The minimum Gasteiger partial charge on any atom is -0.545 e. The molecule has 6 heteroatoms. The molecule has 35 heavy (non-hydrogen) atoms. The summed E-state index contributed by atoms with van der Waals surface area (Å²) >= 11 is 0. The molecule has 0 aliphatic rings. The molecular weight excluding hydrogens is 449 g/mol. The summed E-state index contributed by atoms with van der Waals surface area (Å²) < 4.78 is 5.22. The van der Waals surface area contributed by atoms with Crippen molar-refractivity contribution in [2.45, 2.75) is 13.1 Å². The van der Waals surface area contributed by atoms with Crippen LogP contribution in [0.3, 0.4) is 0 Å². The van der Waals surface area contributed by atoms with Crippen molar-refractivity contribution in [3.8, 4) is 16.9 Å². The molecule has 0 heterocycles. The third-order valence-electron chi connectivity index (χ3n) is 5.59. The van der Waals surface area contributed by atoms with Crippen LogP contribution in [0.1, 0.15) is 31.8 Å². The van der Waals surface area contributed by atoms with Gasteiger partial charge in [0.2, 0.25) is 0 Å². The molecule has 0 unspecified atom stereocenters. The Labute approximate surface area is 227 Å². The summed E-state index contributed by atoms with van der Waals surface area (Å²) in [6, 6.07) is 31.5. The maximum Gasteiger partial charge on any atom is 1.00 e. The van der Waals surface area contributed by atoms with Gasteiger partial charge in [-0.05, 0) is 58.1 Å². The Morgan fingerprint density at radius 2 is 1.31 bits per heavy atom. The van der Waals surface area contributed by atoms with E-state index in [4.69, 9.17) is 4.74 Å². The first-order valence-corrected chi connectivity index (χ1v) is 10.9. The van der Waals surface area contributed by atoms with Crippen LogP contribution in [0.2, 0.25) is 0 Å². The van der Waals surface area contributed by atoms with Crippen molar-refractivity contribution < 1.29 is 49.0 Å². The second kappa shape index (κ2) is 12.4. The Morgan fingerprint density at radius 1 is 0.714 bits per heavy atom. The normalized spacial score (nSPS) is 10.2. The van der Waals surface area contributed by atoms with Crippen LogP contribution in [0.25, 0.3) is 11.1 Å². The number of nitrogens with zero attached hydrogens (tertiary/aromatic N) is 1. The zero-order chi connectivity index (χ0) is 23.9. The van der Waals surface area contributed by atoms with E-state index in [0.29, 0.717) is 24.4 Å². The van der Waals surface area contributed by atoms with E-state index in [2.05, 4.69) is 0 Å². The molecule has 0 aliphatic carbocycles. The molecule has 0 bridgehead atoms. The van der Waals surface area contributed by atoms with Crippen molar-refractivity contribution in [1.82, 2.24) is 4.90 Å². The molecule has 0 N–H and O–H groups in total. The van der Waals surface area contributed by atoms with Gasteiger partial charge in [0, 0.05) is 18.7 Å². The number of carboxylic acids is 1. The molecule has 0 saturated carbocycles. The van der Waals surface area contributed by atoms with Crippen LogP contribution in [0.4, 0.5) is 0 Å². The van der Waals surface area contributed by atoms with Crippen molar-refractivity contribution in [2.24, 2.45) is 0 Å². The van der Waals surface area contributed by atoms with Gasteiger partial charge in [-0.25, -0.2) is 0 Å². The molecule has 1 amide bonds. The van der Waals surface area contributed by atoms with Gasteiger partial charge in [0.25, 0.3) is 5.91 Å². The van der Waals surface area contributed by atoms with Crippen LogP contribution in [0.5, 0.6) is 5.75 Å². The van der Waals surface area contributed by atoms with E-state index >= 15 is 0 Å². The second-order valence-corrected chi connectivity index (χ2v) is 7.94. The number of aromatic carboxylic acids is 1. The molecule has 4 aromatic rings. The van der Waals surface area contributed by atoms with Gasteiger partial charge in [0.1, 0.15) is 5.75 Å². The number of hydrogen-bond acceptors (Lipinski definition) is 4. The summed E-state index contributed by atoms with van der Waals surface area (Å²) in [4.78, 5) is 26.3. The molecule has 5 nitrogen and oxygen atoms in total. The van der Waals surface area contributed by atoms with E-state index in [-0.39, 0.29) is 41.0 Å². The molecule has 0 aromatic heterocycles. The molecule has 0 radical (unpaired) electrons. The van der Waals surface area contributed by atoms with Crippen LogP contribution in [-0.2, 0) is 13.1 Å². The molecule has 0 spiro atoms. The maximum atomic E-state index is 13.4. The van der Waals surface area contributed by atoms with E-state index in [1.54, 1.807) is 43.5 Å². The van der Waals surface area contributed by atoms with Crippen molar-refractivity contribution in [2.75, 3.05) is 7.11 Å². The number of ether oxygens (including phenoxy) is 1. The average molecular weight is 474 g/mol. The average Bonchev–Trinajstić information content (AvgIpc) is 2.89. The van der Waals surface area contributed by atoms with Gasteiger partial charge >= 0.3 is 29.6 Å². The predicted octanol–water partition coefficient (Wildman–Crippen LogP) is 1.57. The van der Waals surface area contributed by atoms with E-state index < -0.39 is 5.97 Å². The zero-order valence-corrected chi connectivity index (χ0v) is 21.8. The summed E-state index contributed by atoms with van der Waals surface area (Å²) in [6.07, 6.45) is 0. The van der Waals surface area contributed by atoms with Crippen molar-refractivity contribution in [3.05, 3.63) is 125 Å². The summed E-state index contributed by atoms with van der Waals surface area (Å²) in [5, 5.41) is 11.0. The fourth-order valence-corrected chi connectivity index (χ4v) is 3.79. The van der Waals surface area contributed by atoms with Gasteiger partial charge in [-0.15, -0.1) is 0 Å². The van der Waals surface area contributed by atoms with Gasteiger partial charge in [-0.3, -0.25) is 4.79 Å².